The Bertz CT molecular complexity index is 245. The van der Waals surface area contributed by atoms with E-state index in [4.69, 9.17) is 5.73 Å². The van der Waals surface area contributed by atoms with E-state index in [-0.39, 0.29) is 11.8 Å². The molecule has 4 nitrogen and oxygen atoms in total. The molecule has 0 aliphatic carbocycles. The molecule has 1 fully saturated rings. The third-order valence-electron chi connectivity index (χ3n) is 3.60. The van der Waals surface area contributed by atoms with E-state index < -0.39 is 0 Å². The summed E-state index contributed by atoms with van der Waals surface area (Å²) in [7, 11) is 2.12. The lowest BCUT2D eigenvalue weighted by molar-refractivity contribution is -0.137. The van der Waals surface area contributed by atoms with E-state index in [9.17, 15) is 4.79 Å². The Morgan fingerprint density at radius 3 is 2.76 bits per heavy atom. The van der Waals surface area contributed by atoms with Gasteiger partial charge in [0.05, 0.1) is 5.92 Å². The van der Waals surface area contributed by atoms with Crippen LogP contribution < -0.4 is 5.73 Å². The van der Waals surface area contributed by atoms with E-state index in [0.717, 1.165) is 38.9 Å². The van der Waals surface area contributed by atoms with Gasteiger partial charge in [-0.1, -0.05) is 13.3 Å². The smallest absolute Gasteiger partial charge is 0.227 e. The van der Waals surface area contributed by atoms with Gasteiger partial charge < -0.3 is 15.5 Å². The van der Waals surface area contributed by atoms with Crippen LogP contribution in [-0.4, -0.2) is 55.0 Å². The lowest BCUT2D eigenvalue weighted by atomic mass is 10.0. The topological polar surface area (TPSA) is 49.6 Å². The van der Waals surface area contributed by atoms with Gasteiger partial charge in [0.1, 0.15) is 0 Å². The summed E-state index contributed by atoms with van der Waals surface area (Å²) in [6.45, 7) is 7.65. The molecule has 1 heterocycles. The fraction of sp³-hybridized carbons (Fsp3) is 0.923. The first-order valence-corrected chi connectivity index (χ1v) is 6.79. The molecule has 0 aromatic rings. The molecule has 4 heteroatoms. The summed E-state index contributed by atoms with van der Waals surface area (Å²) in [5.74, 6) is 0.281. The standard InChI is InChI=1S/C13H27N3O/c1-4-6-12(9-14)13(17)16-8-5-7-15(3)10-11(16)2/h11-12H,4-10,14H2,1-3H3. The summed E-state index contributed by atoms with van der Waals surface area (Å²) in [6.07, 6.45) is 3.00. The summed E-state index contributed by atoms with van der Waals surface area (Å²) in [4.78, 5) is 16.8. The summed E-state index contributed by atoms with van der Waals surface area (Å²) in [5.41, 5.74) is 5.72. The lowest BCUT2D eigenvalue weighted by Crippen LogP contribution is -2.46. The van der Waals surface area contributed by atoms with Crippen LogP contribution in [0.2, 0.25) is 0 Å². The second kappa shape index (κ2) is 6.97. The van der Waals surface area contributed by atoms with E-state index >= 15 is 0 Å². The maximum atomic E-state index is 12.4. The van der Waals surface area contributed by atoms with Crippen molar-refractivity contribution in [2.45, 2.75) is 39.2 Å². The first-order valence-electron chi connectivity index (χ1n) is 6.79. The second-order valence-electron chi connectivity index (χ2n) is 5.22. The number of rotatable bonds is 4. The highest BCUT2D eigenvalue weighted by atomic mass is 16.2. The van der Waals surface area contributed by atoms with Crippen LogP contribution in [0.5, 0.6) is 0 Å². The number of nitrogens with two attached hydrogens (primary N) is 1. The number of hydrogen-bond donors (Lipinski definition) is 1. The van der Waals surface area contributed by atoms with Gasteiger partial charge in [0.15, 0.2) is 0 Å². The summed E-state index contributed by atoms with van der Waals surface area (Å²) >= 11 is 0. The Morgan fingerprint density at radius 1 is 1.47 bits per heavy atom. The molecule has 0 aromatic carbocycles. The first kappa shape index (κ1) is 14.5. The van der Waals surface area contributed by atoms with Gasteiger partial charge in [-0.15, -0.1) is 0 Å². The number of carbonyl (C=O) groups is 1. The lowest BCUT2D eigenvalue weighted by Gasteiger charge is -2.31. The van der Waals surface area contributed by atoms with Gasteiger partial charge in [-0.05, 0) is 33.4 Å². The Labute approximate surface area is 105 Å². The third-order valence-corrected chi connectivity index (χ3v) is 3.60. The maximum absolute atomic E-state index is 12.4. The van der Waals surface area contributed by atoms with Gasteiger partial charge in [-0.3, -0.25) is 4.79 Å². The van der Waals surface area contributed by atoms with Crippen LogP contribution >= 0.6 is 0 Å². The highest BCUT2D eigenvalue weighted by molar-refractivity contribution is 5.79. The summed E-state index contributed by atoms with van der Waals surface area (Å²) < 4.78 is 0. The normalized spacial score (nSPS) is 24.5. The van der Waals surface area contributed by atoms with Gasteiger partial charge in [0.2, 0.25) is 5.91 Å². The van der Waals surface area contributed by atoms with Crippen molar-refractivity contribution in [1.82, 2.24) is 9.80 Å². The molecule has 0 bridgehead atoms. The first-order chi connectivity index (χ1) is 8.10. The van der Waals surface area contributed by atoms with E-state index in [1.165, 1.54) is 0 Å². The van der Waals surface area contributed by atoms with Gasteiger partial charge in [-0.2, -0.15) is 0 Å². The summed E-state index contributed by atoms with van der Waals surface area (Å²) in [5, 5.41) is 0. The zero-order valence-electron chi connectivity index (χ0n) is 11.5. The zero-order chi connectivity index (χ0) is 12.8. The van der Waals surface area contributed by atoms with Crippen molar-refractivity contribution >= 4 is 5.91 Å². The largest absolute Gasteiger partial charge is 0.338 e. The molecule has 17 heavy (non-hydrogen) atoms. The molecule has 0 saturated carbocycles. The average Bonchev–Trinajstić information content (AvgIpc) is 2.46. The minimum Gasteiger partial charge on any atom is -0.338 e. The maximum Gasteiger partial charge on any atom is 0.227 e. The molecule has 0 aromatic heterocycles. The fourth-order valence-electron chi connectivity index (χ4n) is 2.62. The molecular formula is C13H27N3O. The third kappa shape index (κ3) is 3.96. The monoisotopic (exact) mass is 241 g/mol. The molecule has 1 aliphatic rings. The number of nitrogens with zero attached hydrogens (tertiary/aromatic N) is 2. The second-order valence-corrected chi connectivity index (χ2v) is 5.22. The van der Waals surface area contributed by atoms with Gasteiger partial charge in [0.25, 0.3) is 0 Å². The fourth-order valence-corrected chi connectivity index (χ4v) is 2.62. The quantitative estimate of drug-likeness (QED) is 0.796. The molecule has 100 valence electrons. The van der Waals surface area contributed by atoms with Crippen molar-refractivity contribution in [1.29, 1.82) is 0 Å². The zero-order valence-corrected chi connectivity index (χ0v) is 11.5. The van der Waals surface area contributed by atoms with Crippen LogP contribution in [0, 0.1) is 5.92 Å². The SMILES string of the molecule is CCCC(CN)C(=O)N1CCCN(C)CC1C. The average molecular weight is 241 g/mol. The van der Waals surface area contributed by atoms with Crippen molar-refractivity contribution in [3.05, 3.63) is 0 Å². The van der Waals surface area contributed by atoms with Crippen LogP contribution in [0.15, 0.2) is 0 Å². The molecule has 1 aliphatic heterocycles. The Balaban J connectivity index is 2.65. The Morgan fingerprint density at radius 2 is 2.18 bits per heavy atom. The van der Waals surface area contributed by atoms with Crippen LogP contribution in [-0.2, 0) is 4.79 Å². The van der Waals surface area contributed by atoms with Gasteiger partial charge in [0, 0.05) is 25.7 Å². The number of carbonyl (C=O) groups excluding carboxylic acids is 1. The van der Waals surface area contributed by atoms with Gasteiger partial charge in [-0.25, -0.2) is 0 Å². The number of likely N-dealkylation sites (N-methyl/N-ethyl adjacent to an activating group) is 1. The minimum atomic E-state index is 0.0193. The number of amides is 1. The molecule has 2 unspecified atom stereocenters. The van der Waals surface area contributed by atoms with E-state index in [2.05, 4.69) is 25.8 Å². The predicted octanol–water partition coefficient (Wildman–Crippen LogP) is 0.914. The van der Waals surface area contributed by atoms with E-state index in [1.807, 2.05) is 4.90 Å². The van der Waals surface area contributed by atoms with Crippen LogP contribution in [0.3, 0.4) is 0 Å². The van der Waals surface area contributed by atoms with E-state index in [1.54, 1.807) is 0 Å². The van der Waals surface area contributed by atoms with E-state index in [0.29, 0.717) is 12.6 Å². The summed E-state index contributed by atoms with van der Waals surface area (Å²) in [6, 6.07) is 0.306. The van der Waals surface area contributed by atoms with Crippen molar-refractivity contribution in [3.63, 3.8) is 0 Å². The van der Waals surface area contributed by atoms with Crippen molar-refractivity contribution in [2.24, 2.45) is 11.7 Å². The molecule has 1 amide bonds. The predicted molar refractivity (Wildman–Crippen MR) is 70.7 cm³/mol. The molecule has 1 saturated heterocycles. The van der Waals surface area contributed by atoms with Crippen LogP contribution in [0.1, 0.15) is 33.1 Å². The minimum absolute atomic E-state index is 0.0193. The highest BCUT2D eigenvalue weighted by Crippen LogP contribution is 2.15. The molecular weight excluding hydrogens is 214 g/mol. The number of hydrogen-bond acceptors (Lipinski definition) is 3. The molecule has 1 rings (SSSR count). The van der Waals surface area contributed by atoms with Crippen LogP contribution in [0.4, 0.5) is 0 Å². The van der Waals surface area contributed by atoms with Crippen molar-refractivity contribution in [2.75, 3.05) is 33.2 Å². The molecule has 2 atom stereocenters. The molecule has 0 spiro atoms. The molecule has 0 radical (unpaired) electrons. The van der Waals surface area contributed by atoms with Crippen LogP contribution in [0.25, 0.3) is 0 Å². The highest BCUT2D eigenvalue weighted by Gasteiger charge is 2.28. The molecule has 2 N–H and O–H groups in total. The van der Waals surface area contributed by atoms with Crippen molar-refractivity contribution in [3.8, 4) is 0 Å². The Kier molecular flexibility index (Phi) is 5.92. The van der Waals surface area contributed by atoms with Crippen molar-refractivity contribution < 1.29 is 4.79 Å². The van der Waals surface area contributed by atoms with Gasteiger partial charge >= 0.3 is 0 Å². The Hall–Kier alpha value is -0.610.